The summed E-state index contributed by atoms with van der Waals surface area (Å²) in [6.45, 7) is 3.67. The number of aliphatic hydroxyl groups is 2. The van der Waals surface area contributed by atoms with E-state index in [-0.39, 0.29) is 51.8 Å². The molecule has 2 aromatic rings. The predicted octanol–water partition coefficient (Wildman–Crippen LogP) is -2.81. The Bertz CT molecular complexity index is 562. The Morgan fingerprint density at radius 2 is 1.42 bits per heavy atom. The standard InChI is InChI=1S/C7H8N2O2.C6H8N2O.CH4O.B.Na.H/c1-5-3-8-6(9-4-5)7(10)11-2;1-5-2-7-6(4-9)8-3-5;1-2;;;/h3-4H,1-2H3;2-3,9H,4H2,1H3;2H,1H3;;;/q;;;;+1;-1. The maximum absolute atomic E-state index is 10.8. The Hall–Kier alpha value is -1.39. The summed E-state index contributed by atoms with van der Waals surface area (Å²) in [7, 11) is 2.30. The van der Waals surface area contributed by atoms with Gasteiger partial charge in [0.2, 0.25) is 5.82 Å². The number of rotatable bonds is 2. The number of esters is 1. The maximum Gasteiger partial charge on any atom is 1.00 e. The average molecular weight is 343 g/mol. The number of hydrogen-bond acceptors (Lipinski definition) is 8. The van der Waals surface area contributed by atoms with Crippen LogP contribution in [0.5, 0.6) is 0 Å². The fourth-order valence-corrected chi connectivity index (χ4v) is 1.09. The van der Waals surface area contributed by atoms with Crippen molar-refractivity contribution in [3.63, 3.8) is 0 Å². The molecule has 125 valence electrons. The van der Waals surface area contributed by atoms with Crippen molar-refractivity contribution in [3.8, 4) is 0 Å². The van der Waals surface area contributed by atoms with Crippen LogP contribution in [0.25, 0.3) is 0 Å². The largest absolute Gasteiger partial charge is 1.00 e. The SMILES string of the molecule is CO.COC(=O)c1ncc(C)cn1.Cc1cnc(CO)nc1.[B].[H-].[Na+]. The number of ether oxygens (including phenoxy) is 1. The van der Waals surface area contributed by atoms with Crippen LogP contribution in [-0.4, -0.2) is 58.8 Å². The number of aromatic nitrogens is 4. The van der Waals surface area contributed by atoms with Crippen LogP contribution in [0.15, 0.2) is 24.8 Å². The van der Waals surface area contributed by atoms with Crippen molar-refractivity contribution in [2.75, 3.05) is 14.2 Å². The molecule has 0 bridgehead atoms. The number of carbonyl (C=O) groups excluding carboxylic acids is 1. The summed E-state index contributed by atoms with van der Waals surface area (Å²) in [6.07, 6.45) is 6.50. The molecule has 3 radical (unpaired) electrons. The van der Waals surface area contributed by atoms with Gasteiger partial charge in [0.25, 0.3) is 0 Å². The third kappa shape index (κ3) is 11.2. The first-order chi connectivity index (χ1) is 10.6. The topological polar surface area (TPSA) is 118 Å². The number of aliphatic hydroxyl groups excluding tert-OH is 2. The number of carbonyl (C=O) groups is 1. The molecule has 0 fully saturated rings. The normalized spacial score (nSPS) is 8.08. The summed E-state index contributed by atoms with van der Waals surface area (Å²) in [5.74, 6) is 0.0590. The van der Waals surface area contributed by atoms with E-state index in [2.05, 4.69) is 24.7 Å². The number of nitrogens with zero attached hydrogens (tertiary/aromatic N) is 4. The Kier molecular flexibility index (Phi) is 18.8. The Morgan fingerprint density at radius 1 is 1.04 bits per heavy atom. The van der Waals surface area contributed by atoms with Gasteiger partial charge in [-0.15, -0.1) is 0 Å². The Balaban J connectivity index is -0.000000146. The second-order valence-electron chi connectivity index (χ2n) is 3.91. The summed E-state index contributed by atoms with van der Waals surface area (Å²) in [4.78, 5) is 26.0. The molecule has 8 nitrogen and oxygen atoms in total. The van der Waals surface area contributed by atoms with E-state index in [9.17, 15) is 4.79 Å². The van der Waals surface area contributed by atoms with E-state index in [1.807, 2.05) is 13.8 Å². The second-order valence-corrected chi connectivity index (χ2v) is 3.91. The van der Waals surface area contributed by atoms with Crippen molar-refractivity contribution in [1.29, 1.82) is 0 Å². The van der Waals surface area contributed by atoms with Gasteiger partial charge in [0.05, 0.1) is 7.11 Å². The maximum atomic E-state index is 10.8. The van der Waals surface area contributed by atoms with E-state index in [1.54, 1.807) is 24.8 Å². The van der Waals surface area contributed by atoms with Crippen LogP contribution in [0, 0.1) is 13.8 Å². The van der Waals surface area contributed by atoms with Crippen LogP contribution < -0.4 is 29.6 Å². The number of methoxy groups -OCH3 is 1. The fraction of sp³-hybridized carbons (Fsp3) is 0.357. The van der Waals surface area contributed by atoms with Crippen LogP contribution in [0.1, 0.15) is 29.0 Å². The monoisotopic (exact) mass is 343 g/mol. The summed E-state index contributed by atoms with van der Waals surface area (Å²) in [6, 6.07) is 0. The predicted molar refractivity (Wildman–Crippen MR) is 85.8 cm³/mol. The summed E-state index contributed by atoms with van der Waals surface area (Å²) >= 11 is 0. The molecule has 0 saturated carbocycles. The molecule has 2 heterocycles. The van der Waals surface area contributed by atoms with E-state index >= 15 is 0 Å². The zero-order valence-electron chi connectivity index (χ0n) is 15.6. The molecule has 0 aromatic carbocycles. The van der Waals surface area contributed by atoms with Crippen molar-refractivity contribution in [2.24, 2.45) is 0 Å². The molecule has 0 spiro atoms. The molecule has 0 saturated heterocycles. The molecule has 24 heavy (non-hydrogen) atoms. The first-order valence-corrected chi connectivity index (χ1v) is 6.27. The molecule has 10 heteroatoms. The zero-order chi connectivity index (χ0) is 17.0. The minimum Gasteiger partial charge on any atom is -1.00 e. The van der Waals surface area contributed by atoms with Crippen LogP contribution in [0.4, 0.5) is 0 Å². The van der Waals surface area contributed by atoms with Crippen LogP contribution in [0.3, 0.4) is 0 Å². The van der Waals surface area contributed by atoms with Gasteiger partial charge in [0.15, 0.2) is 5.82 Å². The van der Waals surface area contributed by atoms with E-state index in [0.717, 1.165) is 18.2 Å². The average Bonchev–Trinajstić information content (AvgIpc) is 2.58. The van der Waals surface area contributed by atoms with E-state index in [4.69, 9.17) is 10.2 Å². The zero-order valence-corrected chi connectivity index (χ0v) is 16.6. The van der Waals surface area contributed by atoms with Gasteiger partial charge < -0.3 is 16.4 Å². The van der Waals surface area contributed by atoms with Crippen molar-refractivity contribution < 1.29 is 50.7 Å². The van der Waals surface area contributed by atoms with Gasteiger partial charge in [0.1, 0.15) is 6.61 Å². The van der Waals surface area contributed by atoms with Crippen molar-refractivity contribution in [1.82, 2.24) is 19.9 Å². The van der Waals surface area contributed by atoms with Gasteiger partial charge in [0, 0.05) is 40.3 Å². The van der Waals surface area contributed by atoms with E-state index < -0.39 is 5.97 Å². The Morgan fingerprint density at radius 3 is 1.75 bits per heavy atom. The van der Waals surface area contributed by atoms with Crippen molar-refractivity contribution in [3.05, 3.63) is 47.6 Å². The second kappa shape index (κ2) is 16.5. The minimum atomic E-state index is -0.509. The van der Waals surface area contributed by atoms with Gasteiger partial charge in [-0.2, -0.15) is 0 Å². The molecular formula is C14H21BN4NaO4. The fourth-order valence-electron chi connectivity index (χ4n) is 1.09. The van der Waals surface area contributed by atoms with Gasteiger partial charge in [-0.3, -0.25) is 0 Å². The Labute approximate surface area is 167 Å². The molecule has 0 unspecified atom stereocenters. The molecule has 2 rings (SSSR count). The van der Waals surface area contributed by atoms with Gasteiger partial charge in [-0.05, 0) is 25.0 Å². The van der Waals surface area contributed by atoms with Crippen molar-refractivity contribution >= 4 is 14.4 Å². The molecule has 2 aromatic heterocycles. The molecule has 0 atom stereocenters. The third-order valence-electron chi connectivity index (χ3n) is 2.12. The molecule has 2 N–H and O–H groups in total. The first-order valence-electron chi connectivity index (χ1n) is 6.27. The van der Waals surface area contributed by atoms with Crippen molar-refractivity contribution in [2.45, 2.75) is 20.5 Å². The number of hydrogen-bond donors (Lipinski definition) is 2. The molecule has 0 aliphatic carbocycles. The smallest absolute Gasteiger partial charge is 1.00 e. The quantitative estimate of drug-likeness (QED) is 0.443. The van der Waals surface area contributed by atoms with Crippen LogP contribution in [0.2, 0.25) is 0 Å². The van der Waals surface area contributed by atoms with Crippen LogP contribution in [-0.2, 0) is 11.3 Å². The van der Waals surface area contributed by atoms with E-state index in [0.29, 0.717) is 5.82 Å². The first kappa shape index (κ1) is 27.5. The molecular weight excluding hydrogens is 322 g/mol. The molecule has 0 amide bonds. The summed E-state index contributed by atoms with van der Waals surface area (Å²) in [5.41, 5.74) is 1.92. The third-order valence-corrected chi connectivity index (χ3v) is 2.12. The summed E-state index contributed by atoms with van der Waals surface area (Å²) in [5, 5.41) is 15.5. The summed E-state index contributed by atoms with van der Waals surface area (Å²) < 4.78 is 4.41. The van der Waals surface area contributed by atoms with Gasteiger partial charge >= 0.3 is 35.5 Å². The molecule has 0 aliphatic rings. The van der Waals surface area contributed by atoms with Gasteiger partial charge in [-0.25, -0.2) is 24.7 Å². The van der Waals surface area contributed by atoms with Crippen LogP contribution >= 0.6 is 0 Å². The molecule has 0 aliphatic heterocycles. The van der Waals surface area contributed by atoms with E-state index in [1.165, 1.54) is 7.11 Å². The van der Waals surface area contributed by atoms with Gasteiger partial charge in [-0.1, -0.05) is 0 Å². The minimum absolute atomic E-state index is 0. The number of aryl methyl sites for hydroxylation is 2.